The maximum atomic E-state index is 14.0. The van der Waals surface area contributed by atoms with E-state index in [4.69, 9.17) is 4.74 Å². The molecule has 3 aromatic rings. The van der Waals surface area contributed by atoms with Gasteiger partial charge in [-0.05, 0) is 35.9 Å². The molecule has 2 aliphatic rings. The maximum Gasteiger partial charge on any atom is 0.323 e. The predicted molar refractivity (Wildman–Crippen MR) is 159 cm³/mol. The number of nitrogens with zero attached hydrogens (tertiary/aromatic N) is 3. The number of benzene rings is 3. The molecule has 3 aromatic carbocycles. The number of nitrogens with one attached hydrogen (secondary N) is 3. The lowest BCUT2D eigenvalue weighted by molar-refractivity contribution is 0.0383. The summed E-state index contributed by atoms with van der Waals surface area (Å²) in [6, 6.07) is 21.1. The SMILES string of the molecule is O=C(Nc1ccc(N2CCN(Cc3ccccc3)CC2)c(C(=O)NCCN2CCOCC2)c1)Nc1ccccc1F. The van der Waals surface area contributed by atoms with Crippen molar-refractivity contribution in [1.29, 1.82) is 0 Å². The first kappa shape index (κ1) is 28.5. The molecule has 2 fully saturated rings. The summed E-state index contributed by atoms with van der Waals surface area (Å²) in [5.74, 6) is -0.720. The molecule has 3 amide bonds. The first-order valence-electron chi connectivity index (χ1n) is 14.1. The largest absolute Gasteiger partial charge is 0.379 e. The summed E-state index contributed by atoms with van der Waals surface area (Å²) in [7, 11) is 0. The summed E-state index contributed by atoms with van der Waals surface area (Å²) < 4.78 is 19.4. The number of carbonyl (C=O) groups is 2. The molecule has 2 aliphatic heterocycles. The number of rotatable bonds is 9. The summed E-state index contributed by atoms with van der Waals surface area (Å²) >= 11 is 0. The standard InChI is InChI=1S/C31H37FN6O3/c32-27-8-4-5-9-28(27)35-31(40)34-25-10-11-29(26(22-25)30(39)33-12-13-36-18-20-41-21-19-36)38-16-14-37(15-17-38)23-24-6-2-1-3-7-24/h1-11,22H,12-21,23H2,(H,33,39)(H2,34,35,40). The fourth-order valence-corrected chi connectivity index (χ4v) is 5.15. The number of morpholine rings is 1. The fraction of sp³-hybridized carbons (Fsp3) is 0.355. The van der Waals surface area contributed by atoms with E-state index >= 15 is 0 Å². The van der Waals surface area contributed by atoms with E-state index in [-0.39, 0.29) is 11.6 Å². The van der Waals surface area contributed by atoms with E-state index in [1.807, 2.05) is 12.1 Å². The fourth-order valence-electron chi connectivity index (χ4n) is 5.15. The van der Waals surface area contributed by atoms with Gasteiger partial charge in [0.2, 0.25) is 0 Å². The highest BCUT2D eigenvalue weighted by atomic mass is 19.1. The predicted octanol–water partition coefficient (Wildman–Crippen LogP) is 3.85. The van der Waals surface area contributed by atoms with Gasteiger partial charge in [-0.3, -0.25) is 14.6 Å². The number of urea groups is 1. The lowest BCUT2D eigenvalue weighted by atomic mass is 10.1. The summed E-state index contributed by atoms with van der Waals surface area (Å²) in [5.41, 5.74) is 3.13. The van der Waals surface area contributed by atoms with Gasteiger partial charge in [-0.15, -0.1) is 0 Å². The Morgan fingerprint density at radius 1 is 0.805 bits per heavy atom. The Morgan fingerprint density at radius 2 is 1.54 bits per heavy atom. The monoisotopic (exact) mass is 560 g/mol. The van der Waals surface area contributed by atoms with Gasteiger partial charge < -0.3 is 25.6 Å². The number of para-hydroxylation sites is 1. The second kappa shape index (κ2) is 14.1. The number of ether oxygens (including phenoxy) is 1. The van der Waals surface area contributed by atoms with E-state index in [9.17, 15) is 14.0 Å². The Hall–Kier alpha value is -3.99. The smallest absolute Gasteiger partial charge is 0.323 e. The van der Waals surface area contributed by atoms with Crippen molar-refractivity contribution in [3.63, 3.8) is 0 Å². The van der Waals surface area contributed by atoms with E-state index < -0.39 is 11.8 Å². The Bertz CT molecular complexity index is 1310. The third-order valence-electron chi connectivity index (χ3n) is 7.40. The van der Waals surface area contributed by atoms with E-state index in [1.165, 1.54) is 17.7 Å². The highest BCUT2D eigenvalue weighted by Gasteiger charge is 2.23. The summed E-state index contributed by atoms with van der Waals surface area (Å²) in [6.07, 6.45) is 0. The number of carbonyl (C=O) groups excluding carboxylic acids is 2. The van der Waals surface area contributed by atoms with Gasteiger partial charge in [0.1, 0.15) is 5.82 Å². The van der Waals surface area contributed by atoms with Crippen LogP contribution in [0, 0.1) is 5.82 Å². The van der Waals surface area contributed by atoms with Gasteiger partial charge in [0.05, 0.1) is 24.5 Å². The number of piperazine rings is 1. The molecule has 0 aliphatic carbocycles. The second-order valence-electron chi connectivity index (χ2n) is 10.2. The minimum Gasteiger partial charge on any atom is -0.379 e. The number of amides is 3. The Morgan fingerprint density at radius 3 is 2.29 bits per heavy atom. The first-order valence-corrected chi connectivity index (χ1v) is 14.1. The molecule has 0 spiro atoms. The Kier molecular flexibility index (Phi) is 9.79. The van der Waals surface area contributed by atoms with Crippen LogP contribution in [0.1, 0.15) is 15.9 Å². The lowest BCUT2D eigenvalue weighted by Crippen LogP contribution is -2.46. The van der Waals surface area contributed by atoms with Crippen LogP contribution in [0.4, 0.5) is 26.2 Å². The number of hydrogen-bond donors (Lipinski definition) is 3. The van der Waals surface area contributed by atoms with Gasteiger partial charge in [-0.2, -0.15) is 0 Å². The third kappa shape index (κ3) is 8.03. The summed E-state index contributed by atoms with van der Waals surface area (Å²) in [5, 5.41) is 8.32. The Labute approximate surface area is 240 Å². The maximum absolute atomic E-state index is 14.0. The average molecular weight is 561 g/mol. The molecule has 0 saturated carbocycles. The molecular weight excluding hydrogens is 523 g/mol. The van der Waals surface area contributed by atoms with Crippen LogP contribution in [0.15, 0.2) is 72.8 Å². The molecule has 5 rings (SSSR count). The number of halogens is 1. The van der Waals surface area contributed by atoms with Gasteiger partial charge in [-0.25, -0.2) is 9.18 Å². The van der Waals surface area contributed by atoms with Crippen LogP contribution in [-0.2, 0) is 11.3 Å². The average Bonchev–Trinajstić information content (AvgIpc) is 3.00. The molecule has 41 heavy (non-hydrogen) atoms. The van der Waals surface area contributed by atoms with Crippen molar-refractivity contribution in [2.75, 3.05) is 81.1 Å². The highest BCUT2D eigenvalue weighted by Crippen LogP contribution is 2.26. The quantitative estimate of drug-likeness (QED) is 0.369. The zero-order valence-corrected chi connectivity index (χ0v) is 23.2. The van der Waals surface area contributed by atoms with Crippen LogP contribution in [0.5, 0.6) is 0 Å². The van der Waals surface area contributed by atoms with Crippen LogP contribution in [0.25, 0.3) is 0 Å². The zero-order valence-electron chi connectivity index (χ0n) is 23.2. The molecule has 2 heterocycles. The number of hydrogen-bond acceptors (Lipinski definition) is 6. The zero-order chi connectivity index (χ0) is 28.4. The van der Waals surface area contributed by atoms with E-state index in [0.717, 1.165) is 58.0 Å². The van der Waals surface area contributed by atoms with Crippen molar-refractivity contribution in [3.05, 3.63) is 89.7 Å². The first-order chi connectivity index (χ1) is 20.0. The molecule has 0 unspecified atom stereocenters. The molecule has 9 nitrogen and oxygen atoms in total. The van der Waals surface area contributed by atoms with Gasteiger partial charge in [-0.1, -0.05) is 42.5 Å². The van der Waals surface area contributed by atoms with Crippen molar-refractivity contribution in [2.24, 2.45) is 0 Å². The topological polar surface area (TPSA) is 89.2 Å². The van der Waals surface area contributed by atoms with E-state index in [0.29, 0.717) is 31.0 Å². The van der Waals surface area contributed by atoms with Crippen LogP contribution < -0.4 is 20.9 Å². The summed E-state index contributed by atoms with van der Waals surface area (Å²) in [4.78, 5) is 33.0. The molecule has 216 valence electrons. The highest BCUT2D eigenvalue weighted by molar-refractivity contribution is 6.04. The van der Waals surface area contributed by atoms with Gasteiger partial charge >= 0.3 is 6.03 Å². The third-order valence-corrected chi connectivity index (χ3v) is 7.40. The summed E-state index contributed by atoms with van der Waals surface area (Å²) in [6.45, 7) is 8.56. The van der Waals surface area contributed by atoms with Gasteiger partial charge in [0.15, 0.2) is 0 Å². The molecule has 10 heteroatoms. The molecule has 0 bridgehead atoms. The molecule has 0 radical (unpaired) electrons. The molecule has 3 N–H and O–H groups in total. The minimum atomic E-state index is -0.587. The van der Waals surface area contributed by atoms with Crippen LogP contribution >= 0.6 is 0 Å². The van der Waals surface area contributed by atoms with E-state index in [1.54, 1.807) is 24.3 Å². The molecule has 2 saturated heterocycles. The van der Waals surface area contributed by atoms with E-state index in [2.05, 4.69) is 54.9 Å². The van der Waals surface area contributed by atoms with Crippen molar-refractivity contribution in [2.45, 2.75) is 6.54 Å². The van der Waals surface area contributed by atoms with Gasteiger partial charge in [0, 0.05) is 70.3 Å². The second-order valence-corrected chi connectivity index (χ2v) is 10.2. The lowest BCUT2D eigenvalue weighted by Gasteiger charge is -2.37. The Balaban J connectivity index is 1.26. The normalized spacial score (nSPS) is 16.3. The minimum absolute atomic E-state index is 0.0797. The van der Waals surface area contributed by atoms with Crippen molar-refractivity contribution in [1.82, 2.24) is 15.1 Å². The van der Waals surface area contributed by atoms with Crippen LogP contribution in [-0.4, -0.2) is 87.3 Å². The van der Waals surface area contributed by atoms with Crippen molar-refractivity contribution in [3.8, 4) is 0 Å². The van der Waals surface area contributed by atoms with Crippen LogP contribution in [0.2, 0.25) is 0 Å². The molecule has 0 aromatic heterocycles. The van der Waals surface area contributed by atoms with Gasteiger partial charge in [0.25, 0.3) is 5.91 Å². The van der Waals surface area contributed by atoms with Crippen molar-refractivity contribution < 1.29 is 18.7 Å². The van der Waals surface area contributed by atoms with Crippen molar-refractivity contribution >= 4 is 29.0 Å². The molecule has 0 atom stereocenters. The number of anilines is 3. The van der Waals surface area contributed by atoms with Crippen LogP contribution in [0.3, 0.4) is 0 Å². The molecular formula is C31H37FN6O3.